The van der Waals surface area contributed by atoms with Crippen molar-refractivity contribution in [3.8, 4) is 0 Å². The van der Waals surface area contributed by atoms with Crippen molar-refractivity contribution in [2.75, 3.05) is 6.61 Å². The van der Waals surface area contributed by atoms with Gasteiger partial charge in [-0.3, -0.25) is 4.98 Å². The van der Waals surface area contributed by atoms with Crippen LogP contribution in [0.1, 0.15) is 39.3 Å². The Morgan fingerprint density at radius 2 is 1.90 bits per heavy atom. The minimum atomic E-state index is -0.909. The normalized spacial score (nSPS) is 12.4. The molecule has 0 spiro atoms. The predicted molar refractivity (Wildman–Crippen MR) is 73.0 cm³/mol. The molecule has 0 aliphatic carbocycles. The Balaban J connectivity index is 2.84. The number of nitrogens with zero attached hydrogens (tertiary/aromatic N) is 1. The van der Waals surface area contributed by atoms with Crippen molar-refractivity contribution >= 4 is 12.1 Å². The fourth-order valence-electron chi connectivity index (χ4n) is 1.49. The highest BCUT2D eigenvalue weighted by Gasteiger charge is 2.26. The van der Waals surface area contributed by atoms with Crippen LogP contribution in [-0.4, -0.2) is 29.3 Å². The van der Waals surface area contributed by atoms with Gasteiger partial charge in [0, 0.05) is 12.4 Å². The van der Waals surface area contributed by atoms with Crippen LogP contribution in [0.25, 0.3) is 0 Å². The monoisotopic (exact) mass is 280 g/mol. The largest absolute Gasteiger partial charge is 0.464 e. The number of hydrogen-bond donors (Lipinski definition) is 1. The first kappa shape index (κ1) is 15.9. The molecular formula is C14H20N2O4. The Morgan fingerprint density at radius 3 is 2.40 bits per heavy atom. The number of esters is 1. The first-order valence-electron chi connectivity index (χ1n) is 6.39. The van der Waals surface area contributed by atoms with Gasteiger partial charge in [0.25, 0.3) is 0 Å². The van der Waals surface area contributed by atoms with Crippen LogP contribution >= 0.6 is 0 Å². The lowest BCUT2D eigenvalue weighted by Gasteiger charge is -2.23. The maximum Gasteiger partial charge on any atom is 0.408 e. The Kier molecular flexibility index (Phi) is 5.49. The number of hydrogen-bond acceptors (Lipinski definition) is 5. The lowest BCUT2D eigenvalue weighted by Crippen LogP contribution is -2.38. The van der Waals surface area contributed by atoms with Crippen LogP contribution in [0.3, 0.4) is 0 Å². The number of amides is 1. The van der Waals surface area contributed by atoms with Crippen molar-refractivity contribution in [1.82, 2.24) is 10.3 Å². The minimum Gasteiger partial charge on any atom is -0.464 e. The average Bonchev–Trinajstić information content (AvgIpc) is 2.35. The van der Waals surface area contributed by atoms with Crippen LogP contribution in [-0.2, 0) is 14.3 Å². The maximum atomic E-state index is 11.9. The Labute approximate surface area is 118 Å². The fourth-order valence-corrected chi connectivity index (χ4v) is 1.49. The van der Waals surface area contributed by atoms with Gasteiger partial charge in [0.15, 0.2) is 6.04 Å². The molecule has 1 atom stereocenters. The number of nitrogens with one attached hydrogen (secondary N) is 1. The van der Waals surface area contributed by atoms with Crippen molar-refractivity contribution in [1.29, 1.82) is 0 Å². The lowest BCUT2D eigenvalue weighted by molar-refractivity contribution is -0.145. The number of ether oxygens (including phenoxy) is 2. The van der Waals surface area contributed by atoms with Gasteiger partial charge in [-0.15, -0.1) is 0 Å². The first-order chi connectivity index (χ1) is 9.33. The smallest absolute Gasteiger partial charge is 0.408 e. The Morgan fingerprint density at radius 1 is 1.30 bits per heavy atom. The quantitative estimate of drug-likeness (QED) is 0.856. The molecule has 1 heterocycles. The molecular weight excluding hydrogens is 260 g/mol. The minimum absolute atomic E-state index is 0.233. The van der Waals surface area contributed by atoms with Crippen molar-refractivity contribution in [2.24, 2.45) is 0 Å². The molecule has 1 rings (SSSR count). The summed E-state index contributed by atoms with van der Waals surface area (Å²) in [6, 6.07) is 2.37. The molecule has 6 heteroatoms. The summed E-state index contributed by atoms with van der Waals surface area (Å²) in [7, 11) is 0. The molecule has 1 aromatic heterocycles. The summed E-state index contributed by atoms with van der Waals surface area (Å²) in [4.78, 5) is 27.6. The van der Waals surface area contributed by atoms with E-state index >= 15 is 0 Å². The zero-order chi connectivity index (χ0) is 15.2. The summed E-state index contributed by atoms with van der Waals surface area (Å²) in [5, 5.41) is 2.51. The zero-order valence-electron chi connectivity index (χ0n) is 12.2. The van der Waals surface area contributed by atoms with E-state index in [4.69, 9.17) is 9.47 Å². The number of alkyl carbamates (subject to hydrolysis) is 1. The highest BCUT2D eigenvalue weighted by Crippen LogP contribution is 2.15. The van der Waals surface area contributed by atoms with Gasteiger partial charge < -0.3 is 14.8 Å². The van der Waals surface area contributed by atoms with Crippen LogP contribution in [0.15, 0.2) is 24.5 Å². The van der Waals surface area contributed by atoms with E-state index in [2.05, 4.69) is 10.3 Å². The molecule has 0 bridgehead atoms. The summed E-state index contributed by atoms with van der Waals surface area (Å²) < 4.78 is 10.1. The molecule has 0 saturated heterocycles. The average molecular weight is 280 g/mol. The molecule has 1 amide bonds. The molecule has 1 unspecified atom stereocenters. The van der Waals surface area contributed by atoms with Gasteiger partial charge in [0.2, 0.25) is 0 Å². The molecule has 0 aliphatic heterocycles. The van der Waals surface area contributed by atoms with Crippen LogP contribution in [0.5, 0.6) is 0 Å². The number of carbonyl (C=O) groups is 2. The third kappa shape index (κ3) is 5.26. The summed E-state index contributed by atoms with van der Waals surface area (Å²) in [5.41, 5.74) is -0.0500. The van der Waals surface area contributed by atoms with Gasteiger partial charge in [-0.05, 0) is 45.4 Å². The van der Waals surface area contributed by atoms with E-state index in [1.165, 1.54) is 0 Å². The number of aromatic nitrogens is 1. The van der Waals surface area contributed by atoms with E-state index in [0.717, 1.165) is 0 Å². The first-order valence-corrected chi connectivity index (χ1v) is 6.39. The molecule has 1 aromatic rings. The summed E-state index contributed by atoms with van der Waals surface area (Å²) >= 11 is 0. The van der Waals surface area contributed by atoms with Gasteiger partial charge in [-0.1, -0.05) is 0 Å². The van der Waals surface area contributed by atoms with Gasteiger partial charge in [0.05, 0.1) is 6.61 Å². The topological polar surface area (TPSA) is 77.5 Å². The highest BCUT2D eigenvalue weighted by molar-refractivity contribution is 5.82. The predicted octanol–water partition coefficient (Wildman–Crippen LogP) is 2.21. The van der Waals surface area contributed by atoms with Crippen LogP contribution in [0, 0.1) is 0 Å². The van der Waals surface area contributed by atoms with E-state index < -0.39 is 23.7 Å². The molecule has 1 N–H and O–H groups in total. The van der Waals surface area contributed by atoms with Crippen molar-refractivity contribution in [3.63, 3.8) is 0 Å². The second-order valence-electron chi connectivity index (χ2n) is 5.11. The Bertz CT molecular complexity index is 454. The van der Waals surface area contributed by atoms with Crippen LogP contribution in [0.4, 0.5) is 4.79 Å². The molecule has 0 saturated carbocycles. The molecule has 0 aromatic carbocycles. The molecule has 20 heavy (non-hydrogen) atoms. The number of pyridine rings is 1. The Hall–Kier alpha value is -2.11. The lowest BCUT2D eigenvalue weighted by atomic mass is 10.1. The van der Waals surface area contributed by atoms with Crippen LogP contribution in [0.2, 0.25) is 0 Å². The second-order valence-corrected chi connectivity index (χ2v) is 5.11. The summed E-state index contributed by atoms with van der Waals surface area (Å²) in [5.74, 6) is -0.537. The third-order valence-electron chi connectivity index (χ3n) is 2.22. The van der Waals surface area contributed by atoms with E-state index in [0.29, 0.717) is 5.56 Å². The van der Waals surface area contributed by atoms with Gasteiger partial charge in [-0.2, -0.15) is 0 Å². The van der Waals surface area contributed by atoms with Gasteiger partial charge in [-0.25, -0.2) is 9.59 Å². The second kappa shape index (κ2) is 6.88. The number of rotatable bonds is 4. The summed E-state index contributed by atoms with van der Waals surface area (Å²) in [6.45, 7) is 7.18. The van der Waals surface area contributed by atoms with Gasteiger partial charge in [0.1, 0.15) is 5.60 Å². The van der Waals surface area contributed by atoms with Crippen molar-refractivity contribution in [3.05, 3.63) is 30.1 Å². The molecule has 0 fully saturated rings. The zero-order valence-corrected chi connectivity index (χ0v) is 12.2. The summed E-state index contributed by atoms with van der Waals surface area (Å²) in [6.07, 6.45) is 2.41. The maximum absolute atomic E-state index is 11.9. The molecule has 6 nitrogen and oxygen atoms in total. The third-order valence-corrected chi connectivity index (χ3v) is 2.22. The number of carbonyl (C=O) groups excluding carboxylic acids is 2. The van der Waals surface area contributed by atoms with E-state index in [-0.39, 0.29) is 6.61 Å². The van der Waals surface area contributed by atoms with E-state index in [1.54, 1.807) is 52.2 Å². The molecule has 110 valence electrons. The molecule has 0 aliphatic rings. The van der Waals surface area contributed by atoms with E-state index in [9.17, 15) is 9.59 Å². The van der Waals surface area contributed by atoms with Gasteiger partial charge >= 0.3 is 12.1 Å². The molecule has 0 radical (unpaired) electrons. The van der Waals surface area contributed by atoms with E-state index in [1.807, 2.05) is 0 Å². The van der Waals surface area contributed by atoms with Crippen LogP contribution < -0.4 is 5.32 Å². The van der Waals surface area contributed by atoms with Crippen molar-refractivity contribution < 1.29 is 19.1 Å². The SMILES string of the molecule is CCOC(=O)C(NC(=O)OC(C)(C)C)c1ccncc1. The highest BCUT2D eigenvalue weighted by atomic mass is 16.6. The standard InChI is InChI=1S/C14H20N2O4/c1-5-19-12(17)11(10-6-8-15-9-7-10)16-13(18)20-14(2,3)4/h6-9,11H,5H2,1-4H3,(H,16,18). The van der Waals surface area contributed by atoms with Crippen molar-refractivity contribution in [2.45, 2.75) is 39.3 Å². The fraction of sp³-hybridized carbons (Fsp3) is 0.500.